The van der Waals surface area contributed by atoms with Crippen molar-refractivity contribution < 1.29 is 4.42 Å². The quantitative estimate of drug-likeness (QED) is 0.209. The van der Waals surface area contributed by atoms with E-state index in [1.54, 1.807) is 0 Å². The van der Waals surface area contributed by atoms with Crippen LogP contribution in [0, 0.1) is 0 Å². The number of para-hydroxylation sites is 2. The Hall–Kier alpha value is -5.86. The van der Waals surface area contributed by atoms with Crippen LogP contribution in [0.2, 0.25) is 0 Å². The summed E-state index contributed by atoms with van der Waals surface area (Å²) in [6.45, 7) is 0. The van der Waals surface area contributed by atoms with E-state index in [1.165, 1.54) is 49.7 Å². The second kappa shape index (κ2) is 9.86. The molecular formula is C42H27NO. The number of aromatic nitrogens is 1. The lowest BCUT2D eigenvalue weighted by atomic mass is 9.93. The predicted octanol–water partition coefficient (Wildman–Crippen LogP) is 11.7. The first kappa shape index (κ1) is 24.7. The number of furan rings is 1. The molecule has 2 nitrogen and oxygen atoms in total. The normalized spacial score (nSPS) is 11.6. The molecule has 0 atom stereocenters. The summed E-state index contributed by atoms with van der Waals surface area (Å²) in [6.07, 6.45) is 0. The highest BCUT2D eigenvalue weighted by molar-refractivity contribution is 6.21. The van der Waals surface area contributed by atoms with Gasteiger partial charge in [-0.3, -0.25) is 0 Å². The second-order valence-corrected chi connectivity index (χ2v) is 11.4. The molecule has 0 saturated heterocycles. The minimum Gasteiger partial charge on any atom is -0.454 e. The molecule has 2 heterocycles. The van der Waals surface area contributed by atoms with Crippen LogP contribution in [0.3, 0.4) is 0 Å². The summed E-state index contributed by atoms with van der Waals surface area (Å²) in [5.41, 5.74) is 12.4. The molecule has 0 spiro atoms. The molecule has 0 saturated carbocycles. The van der Waals surface area contributed by atoms with E-state index in [1.807, 2.05) is 6.07 Å². The number of hydrogen-bond donors (Lipinski definition) is 0. The maximum atomic E-state index is 6.54. The monoisotopic (exact) mass is 561 g/mol. The second-order valence-electron chi connectivity index (χ2n) is 11.4. The molecule has 0 N–H and O–H groups in total. The molecule has 7 aromatic carbocycles. The molecule has 44 heavy (non-hydrogen) atoms. The number of hydrogen-bond acceptors (Lipinski definition) is 1. The molecule has 9 aromatic rings. The molecule has 206 valence electrons. The molecular weight excluding hydrogens is 534 g/mol. The van der Waals surface area contributed by atoms with Gasteiger partial charge in [-0.15, -0.1) is 0 Å². The van der Waals surface area contributed by atoms with E-state index in [-0.39, 0.29) is 0 Å². The average molecular weight is 562 g/mol. The van der Waals surface area contributed by atoms with Gasteiger partial charge < -0.3 is 8.98 Å². The van der Waals surface area contributed by atoms with Crippen molar-refractivity contribution in [3.8, 4) is 39.1 Å². The zero-order chi connectivity index (χ0) is 29.0. The molecule has 9 rings (SSSR count). The smallest absolute Gasteiger partial charge is 0.160 e. The maximum Gasteiger partial charge on any atom is 0.160 e. The van der Waals surface area contributed by atoms with E-state index in [2.05, 4.69) is 162 Å². The summed E-state index contributed by atoms with van der Waals surface area (Å²) >= 11 is 0. The zero-order valence-electron chi connectivity index (χ0n) is 23.9. The predicted molar refractivity (Wildman–Crippen MR) is 184 cm³/mol. The Kier molecular flexibility index (Phi) is 5.54. The summed E-state index contributed by atoms with van der Waals surface area (Å²) in [4.78, 5) is 0. The molecule has 2 aromatic heterocycles. The van der Waals surface area contributed by atoms with E-state index in [0.29, 0.717) is 0 Å². The van der Waals surface area contributed by atoms with Crippen LogP contribution in [-0.2, 0) is 0 Å². The van der Waals surface area contributed by atoms with Crippen LogP contribution in [0.15, 0.2) is 168 Å². The largest absolute Gasteiger partial charge is 0.454 e. The third-order valence-corrected chi connectivity index (χ3v) is 8.79. The third kappa shape index (κ3) is 3.89. The van der Waals surface area contributed by atoms with Crippen LogP contribution in [0.25, 0.3) is 82.8 Å². The van der Waals surface area contributed by atoms with Gasteiger partial charge in [0.2, 0.25) is 0 Å². The summed E-state index contributed by atoms with van der Waals surface area (Å²) in [7, 11) is 0. The summed E-state index contributed by atoms with van der Waals surface area (Å²) < 4.78 is 8.90. The van der Waals surface area contributed by atoms with E-state index < -0.39 is 0 Å². The van der Waals surface area contributed by atoms with Crippen LogP contribution < -0.4 is 0 Å². The molecule has 2 heteroatoms. The lowest BCUT2D eigenvalue weighted by Gasteiger charge is -2.13. The van der Waals surface area contributed by atoms with Crippen molar-refractivity contribution in [3.05, 3.63) is 164 Å². The van der Waals surface area contributed by atoms with Gasteiger partial charge in [0.05, 0.1) is 11.0 Å². The number of rotatable bonds is 4. The van der Waals surface area contributed by atoms with Crippen LogP contribution in [-0.4, -0.2) is 4.57 Å². The van der Waals surface area contributed by atoms with Crippen molar-refractivity contribution in [1.82, 2.24) is 4.57 Å². The van der Waals surface area contributed by atoms with E-state index >= 15 is 0 Å². The Bertz CT molecular complexity index is 2410. The third-order valence-electron chi connectivity index (χ3n) is 8.79. The highest BCUT2D eigenvalue weighted by Crippen LogP contribution is 2.40. The Morgan fingerprint density at radius 1 is 0.364 bits per heavy atom. The Balaban J connectivity index is 1.24. The lowest BCUT2D eigenvalue weighted by Crippen LogP contribution is -1.94. The highest BCUT2D eigenvalue weighted by atomic mass is 16.3. The van der Waals surface area contributed by atoms with Crippen molar-refractivity contribution in [2.24, 2.45) is 0 Å². The molecule has 0 fully saturated rings. The highest BCUT2D eigenvalue weighted by Gasteiger charge is 2.19. The molecule has 0 radical (unpaired) electrons. The first-order valence-electron chi connectivity index (χ1n) is 15.0. The van der Waals surface area contributed by atoms with Crippen molar-refractivity contribution in [3.63, 3.8) is 0 Å². The fourth-order valence-corrected chi connectivity index (χ4v) is 6.69. The van der Waals surface area contributed by atoms with Gasteiger partial charge in [-0.2, -0.15) is 0 Å². The molecule has 0 aliphatic carbocycles. The molecule has 0 unspecified atom stereocenters. The Morgan fingerprint density at radius 2 is 0.886 bits per heavy atom. The summed E-state index contributed by atoms with van der Waals surface area (Å²) in [6, 6.07) is 58.5. The van der Waals surface area contributed by atoms with Gasteiger partial charge in [0.15, 0.2) is 5.58 Å². The summed E-state index contributed by atoms with van der Waals surface area (Å²) in [5, 5.41) is 4.69. The number of nitrogens with zero attached hydrogens (tertiary/aromatic N) is 1. The average Bonchev–Trinajstić information content (AvgIpc) is 3.65. The maximum absolute atomic E-state index is 6.54. The van der Waals surface area contributed by atoms with E-state index in [0.717, 1.165) is 33.1 Å². The van der Waals surface area contributed by atoms with Gasteiger partial charge >= 0.3 is 0 Å². The SMILES string of the molecule is c1ccc(-c2cc(-c3ccccc3)cc(-c3ccc(-n4c5ccccc5c5ccc6c7ccccc7oc6c54)cc3)c2)cc1. The fraction of sp³-hybridized carbons (Fsp3) is 0. The zero-order valence-corrected chi connectivity index (χ0v) is 23.9. The fourth-order valence-electron chi connectivity index (χ4n) is 6.69. The molecule has 0 bridgehead atoms. The standard InChI is InChI=1S/C42H27NO/c1-3-11-28(12-4-1)31-25-32(29-13-5-2-6-14-29)27-33(26-31)30-19-21-34(22-20-30)43-39-17-9-7-15-35(39)37-23-24-38-36-16-8-10-18-40(36)44-42(38)41(37)43/h1-27H. The van der Waals surface area contributed by atoms with Gasteiger partial charge in [0, 0.05) is 27.2 Å². The van der Waals surface area contributed by atoms with Crippen molar-refractivity contribution >= 4 is 43.7 Å². The van der Waals surface area contributed by atoms with E-state index in [4.69, 9.17) is 4.42 Å². The van der Waals surface area contributed by atoms with Gasteiger partial charge in [-0.1, -0.05) is 115 Å². The van der Waals surface area contributed by atoms with Gasteiger partial charge in [-0.05, 0) is 81.9 Å². The van der Waals surface area contributed by atoms with E-state index in [9.17, 15) is 0 Å². The van der Waals surface area contributed by atoms with Crippen molar-refractivity contribution in [1.29, 1.82) is 0 Å². The molecule has 0 aliphatic heterocycles. The first-order chi connectivity index (χ1) is 21.8. The summed E-state index contributed by atoms with van der Waals surface area (Å²) in [5.74, 6) is 0. The van der Waals surface area contributed by atoms with Gasteiger partial charge in [-0.25, -0.2) is 0 Å². The minimum atomic E-state index is 0.912. The minimum absolute atomic E-state index is 0.912. The first-order valence-corrected chi connectivity index (χ1v) is 15.0. The molecule has 0 amide bonds. The van der Waals surface area contributed by atoms with Crippen LogP contribution in [0.4, 0.5) is 0 Å². The van der Waals surface area contributed by atoms with Gasteiger partial charge in [0.25, 0.3) is 0 Å². The molecule has 0 aliphatic rings. The van der Waals surface area contributed by atoms with Crippen LogP contribution >= 0.6 is 0 Å². The Morgan fingerprint density at radius 3 is 1.55 bits per heavy atom. The lowest BCUT2D eigenvalue weighted by molar-refractivity contribution is 0.671. The number of fused-ring (bicyclic) bond motifs is 7. The topological polar surface area (TPSA) is 18.1 Å². The number of benzene rings is 7. The van der Waals surface area contributed by atoms with Gasteiger partial charge in [0.1, 0.15) is 5.58 Å². The van der Waals surface area contributed by atoms with Crippen LogP contribution in [0.5, 0.6) is 0 Å². The van der Waals surface area contributed by atoms with Crippen LogP contribution in [0.1, 0.15) is 0 Å². The Labute approximate surface area is 255 Å². The van der Waals surface area contributed by atoms with Crippen molar-refractivity contribution in [2.75, 3.05) is 0 Å². The van der Waals surface area contributed by atoms with Crippen molar-refractivity contribution in [2.45, 2.75) is 0 Å².